The largest absolute Gasteiger partial charge is 0.363 e. The average molecular weight is 192 g/mol. The maximum absolute atomic E-state index is 4.29. The second-order valence-electron chi connectivity index (χ2n) is 5.15. The van der Waals surface area contributed by atoms with Gasteiger partial charge in [0.2, 0.25) is 0 Å². The molecular formula is C12H20N2. The van der Waals surface area contributed by atoms with Crippen LogP contribution in [0.2, 0.25) is 0 Å². The minimum Gasteiger partial charge on any atom is -0.363 e. The van der Waals surface area contributed by atoms with E-state index in [1.54, 1.807) is 0 Å². The van der Waals surface area contributed by atoms with Gasteiger partial charge in [-0.15, -0.1) is 0 Å². The van der Waals surface area contributed by atoms with E-state index in [1.807, 2.05) is 25.2 Å². The second-order valence-corrected chi connectivity index (χ2v) is 5.15. The highest BCUT2D eigenvalue weighted by Crippen LogP contribution is 2.21. The van der Waals surface area contributed by atoms with Gasteiger partial charge in [0.25, 0.3) is 0 Å². The number of hydrogen-bond acceptors (Lipinski definition) is 2. The summed E-state index contributed by atoms with van der Waals surface area (Å²) in [5.74, 6) is 1.03. The van der Waals surface area contributed by atoms with Crippen LogP contribution >= 0.6 is 0 Å². The van der Waals surface area contributed by atoms with Crippen LogP contribution in [0.1, 0.15) is 26.3 Å². The molecule has 0 fully saturated rings. The van der Waals surface area contributed by atoms with Crippen LogP contribution in [0.4, 0.5) is 5.82 Å². The minimum atomic E-state index is 0.338. The summed E-state index contributed by atoms with van der Waals surface area (Å²) in [4.78, 5) is 6.33. The lowest BCUT2D eigenvalue weighted by Crippen LogP contribution is -2.13. The summed E-state index contributed by atoms with van der Waals surface area (Å²) in [6.45, 7) is 6.76. The third-order valence-electron chi connectivity index (χ3n) is 2.00. The van der Waals surface area contributed by atoms with Gasteiger partial charge in [-0.1, -0.05) is 20.8 Å². The SMILES string of the molecule is CN(C)c1cc(CC(C)(C)C)ccn1. The van der Waals surface area contributed by atoms with Crippen molar-refractivity contribution in [2.45, 2.75) is 27.2 Å². The third-order valence-corrected chi connectivity index (χ3v) is 2.00. The molecule has 0 aromatic carbocycles. The van der Waals surface area contributed by atoms with E-state index in [4.69, 9.17) is 0 Å². The Morgan fingerprint density at radius 3 is 2.43 bits per heavy atom. The van der Waals surface area contributed by atoms with Crippen molar-refractivity contribution in [3.63, 3.8) is 0 Å². The summed E-state index contributed by atoms with van der Waals surface area (Å²) in [5, 5.41) is 0. The maximum Gasteiger partial charge on any atom is 0.128 e. The van der Waals surface area contributed by atoms with Crippen LogP contribution in [-0.4, -0.2) is 19.1 Å². The van der Waals surface area contributed by atoms with Crippen LogP contribution < -0.4 is 4.90 Å². The van der Waals surface area contributed by atoms with E-state index in [1.165, 1.54) is 5.56 Å². The highest BCUT2D eigenvalue weighted by molar-refractivity contribution is 5.39. The van der Waals surface area contributed by atoms with Gasteiger partial charge in [0.15, 0.2) is 0 Å². The summed E-state index contributed by atoms with van der Waals surface area (Å²) in [7, 11) is 4.03. The standard InChI is InChI=1S/C12H20N2/c1-12(2,3)9-10-6-7-13-11(8-10)14(4)5/h6-8H,9H2,1-5H3. The first-order chi connectivity index (χ1) is 6.38. The maximum atomic E-state index is 4.29. The molecule has 1 aromatic rings. The van der Waals surface area contributed by atoms with E-state index in [0.29, 0.717) is 5.41 Å². The van der Waals surface area contributed by atoms with E-state index < -0.39 is 0 Å². The number of pyridine rings is 1. The fourth-order valence-corrected chi connectivity index (χ4v) is 1.43. The van der Waals surface area contributed by atoms with Crippen molar-refractivity contribution < 1.29 is 0 Å². The molecule has 0 saturated carbocycles. The van der Waals surface area contributed by atoms with E-state index in [-0.39, 0.29) is 0 Å². The molecular weight excluding hydrogens is 172 g/mol. The Labute approximate surface area is 87.0 Å². The molecule has 2 nitrogen and oxygen atoms in total. The zero-order chi connectivity index (χ0) is 10.8. The lowest BCUT2D eigenvalue weighted by molar-refractivity contribution is 0.411. The van der Waals surface area contributed by atoms with Crippen molar-refractivity contribution in [1.29, 1.82) is 0 Å². The molecule has 0 saturated heterocycles. The van der Waals surface area contributed by atoms with Crippen LogP contribution in [-0.2, 0) is 6.42 Å². The van der Waals surface area contributed by atoms with E-state index in [0.717, 1.165) is 12.2 Å². The quantitative estimate of drug-likeness (QED) is 0.716. The molecule has 0 aliphatic carbocycles. The predicted octanol–water partition coefficient (Wildman–Crippen LogP) is 2.74. The first-order valence-corrected chi connectivity index (χ1v) is 5.01. The van der Waals surface area contributed by atoms with Crippen LogP contribution in [0.3, 0.4) is 0 Å². The highest BCUT2D eigenvalue weighted by atomic mass is 15.1. The molecule has 0 atom stereocenters. The number of anilines is 1. The first kappa shape index (κ1) is 11.0. The molecule has 1 heterocycles. The van der Waals surface area contributed by atoms with Crippen molar-refractivity contribution >= 4 is 5.82 Å². The van der Waals surface area contributed by atoms with E-state index >= 15 is 0 Å². The molecule has 0 aliphatic rings. The van der Waals surface area contributed by atoms with Gasteiger partial charge in [0.05, 0.1) is 0 Å². The van der Waals surface area contributed by atoms with Crippen LogP contribution in [0.15, 0.2) is 18.3 Å². The predicted molar refractivity (Wildman–Crippen MR) is 61.7 cm³/mol. The second kappa shape index (κ2) is 3.99. The summed E-state index contributed by atoms with van der Waals surface area (Å²) in [6.07, 6.45) is 2.98. The highest BCUT2D eigenvalue weighted by Gasteiger charge is 2.11. The van der Waals surface area contributed by atoms with Crippen LogP contribution in [0.5, 0.6) is 0 Å². The van der Waals surface area contributed by atoms with Crippen LogP contribution in [0, 0.1) is 5.41 Å². The van der Waals surface area contributed by atoms with Gasteiger partial charge in [-0.25, -0.2) is 4.98 Å². The molecule has 0 spiro atoms. The van der Waals surface area contributed by atoms with Gasteiger partial charge in [0.1, 0.15) is 5.82 Å². The van der Waals surface area contributed by atoms with Gasteiger partial charge in [-0.2, -0.15) is 0 Å². The number of nitrogens with zero attached hydrogens (tertiary/aromatic N) is 2. The average Bonchev–Trinajstić information content (AvgIpc) is 2.01. The summed E-state index contributed by atoms with van der Waals surface area (Å²) >= 11 is 0. The van der Waals surface area contributed by atoms with Gasteiger partial charge >= 0.3 is 0 Å². The summed E-state index contributed by atoms with van der Waals surface area (Å²) < 4.78 is 0. The molecule has 0 radical (unpaired) electrons. The molecule has 0 aliphatic heterocycles. The van der Waals surface area contributed by atoms with Gasteiger partial charge in [-0.3, -0.25) is 0 Å². The van der Waals surface area contributed by atoms with Crippen LogP contribution in [0.25, 0.3) is 0 Å². The fraction of sp³-hybridized carbons (Fsp3) is 0.583. The monoisotopic (exact) mass is 192 g/mol. The van der Waals surface area contributed by atoms with E-state index in [9.17, 15) is 0 Å². The van der Waals surface area contributed by atoms with Crippen molar-refractivity contribution in [3.8, 4) is 0 Å². The molecule has 0 N–H and O–H groups in total. The summed E-state index contributed by atoms with van der Waals surface area (Å²) in [5.41, 5.74) is 1.70. The van der Waals surface area contributed by atoms with Crippen molar-refractivity contribution in [1.82, 2.24) is 4.98 Å². The zero-order valence-electron chi connectivity index (χ0n) is 9.83. The Hall–Kier alpha value is -1.05. The normalized spacial score (nSPS) is 11.5. The van der Waals surface area contributed by atoms with Gasteiger partial charge < -0.3 is 4.90 Å². The number of aromatic nitrogens is 1. The minimum absolute atomic E-state index is 0.338. The first-order valence-electron chi connectivity index (χ1n) is 5.01. The molecule has 0 unspecified atom stereocenters. The lowest BCUT2D eigenvalue weighted by Gasteiger charge is -2.19. The molecule has 0 bridgehead atoms. The van der Waals surface area contributed by atoms with Gasteiger partial charge in [-0.05, 0) is 29.5 Å². The molecule has 2 heteroatoms. The number of hydrogen-bond donors (Lipinski definition) is 0. The van der Waals surface area contributed by atoms with E-state index in [2.05, 4.69) is 37.9 Å². The van der Waals surface area contributed by atoms with Gasteiger partial charge in [0, 0.05) is 20.3 Å². The summed E-state index contributed by atoms with van der Waals surface area (Å²) in [6, 6.07) is 4.25. The van der Waals surface area contributed by atoms with Crippen molar-refractivity contribution in [2.75, 3.05) is 19.0 Å². The molecule has 14 heavy (non-hydrogen) atoms. The Balaban J connectivity index is 2.84. The Morgan fingerprint density at radius 1 is 1.29 bits per heavy atom. The Morgan fingerprint density at radius 2 is 1.93 bits per heavy atom. The van der Waals surface area contributed by atoms with Crippen molar-refractivity contribution in [2.24, 2.45) is 5.41 Å². The topological polar surface area (TPSA) is 16.1 Å². The smallest absolute Gasteiger partial charge is 0.128 e. The third kappa shape index (κ3) is 3.36. The lowest BCUT2D eigenvalue weighted by atomic mass is 9.88. The van der Waals surface area contributed by atoms with Crippen molar-refractivity contribution in [3.05, 3.63) is 23.9 Å². The zero-order valence-corrected chi connectivity index (χ0v) is 9.83. The Bertz CT molecular complexity index is 297. The molecule has 78 valence electrons. The molecule has 1 aromatic heterocycles. The molecule has 0 amide bonds. The Kier molecular flexibility index (Phi) is 3.14. The molecule has 1 rings (SSSR count). The number of rotatable bonds is 2. The fourth-order valence-electron chi connectivity index (χ4n) is 1.43.